The molecular formula is C18H18N2O3S. The van der Waals surface area contributed by atoms with Crippen LogP contribution < -0.4 is 5.76 Å². The van der Waals surface area contributed by atoms with Crippen molar-refractivity contribution < 1.29 is 9.32 Å². The summed E-state index contributed by atoms with van der Waals surface area (Å²) in [5, 5.41) is 5.67. The summed E-state index contributed by atoms with van der Waals surface area (Å²) in [5.41, 5.74) is 1.74. The fourth-order valence-corrected chi connectivity index (χ4v) is 3.10. The zero-order valence-electron chi connectivity index (χ0n) is 13.8. The first kappa shape index (κ1) is 16.4. The van der Waals surface area contributed by atoms with Crippen LogP contribution >= 0.6 is 11.3 Å². The molecule has 0 aliphatic rings. The summed E-state index contributed by atoms with van der Waals surface area (Å²) in [5.74, 6) is -0.397. The number of hydrogen-bond donors (Lipinski definition) is 0. The van der Waals surface area contributed by atoms with Gasteiger partial charge in [0.1, 0.15) is 0 Å². The van der Waals surface area contributed by atoms with Gasteiger partial charge in [0, 0.05) is 5.56 Å². The Labute approximate surface area is 143 Å². The second-order valence-electron chi connectivity index (χ2n) is 6.59. The first-order valence-corrected chi connectivity index (χ1v) is 8.48. The molecular weight excluding hydrogens is 324 g/mol. The molecule has 0 saturated carbocycles. The van der Waals surface area contributed by atoms with E-state index in [0.29, 0.717) is 11.4 Å². The van der Waals surface area contributed by atoms with Crippen molar-refractivity contribution in [1.29, 1.82) is 0 Å². The number of carbonyl (C=O) groups is 1. The molecule has 1 aromatic carbocycles. The van der Waals surface area contributed by atoms with Crippen molar-refractivity contribution in [3.8, 4) is 10.7 Å². The molecule has 0 aliphatic carbocycles. The molecule has 0 fully saturated rings. The Morgan fingerprint density at radius 1 is 1.21 bits per heavy atom. The van der Waals surface area contributed by atoms with E-state index in [9.17, 15) is 9.59 Å². The van der Waals surface area contributed by atoms with Gasteiger partial charge in [-0.1, -0.05) is 56.3 Å². The molecule has 0 atom stereocenters. The van der Waals surface area contributed by atoms with Gasteiger partial charge in [0.25, 0.3) is 0 Å². The Hall–Kier alpha value is -2.47. The molecule has 0 spiro atoms. The highest BCUT2D eigenvalue weighted by Crippen LogP contribution is 2.23. The summed E-state index contributed by atoms with van der Waals surface area (Å²) in [6.45, 7) is 6.26. The third-order valence-corrected chi connectivity index (χ3v) is 4.67. The average Bonchev–Trinajstić information content (AvgIpc) is 3.17. The summed E-state index contributed by atoms with van der Waals surface area (Å²) >= 11 is 1.44. The van der Waals surface area contributed by atoms with E-state index in [2.05, 4.69) is 25.9 Å². The van der Waals surface area contributed by atoms with Crippen LogP contribution in [0.1, 0.15) is 36.7 Å². The lowest BCUT2D eigenvalue weighted by Gasteiger charge is -2.19. The number of thiophene rings is 1. The number of ketones is 1. The van der Waals surface area contributed by atoms with Crippen molar-refractivity contribution >= 4 is 17.1 Å². The lowest BCUT2D eigenvalue weighted by Crippen LogP contribution is -2.21. The first-order valence-electron chi connectivity index (χ1n) is 7.60. The molecule has 0 unspecified atom stereocenters. The zero-order valence-corrected chi connectivity index (χ0v) is 14.6. The number of nitrogens with zero attached hydrogens (tertiary/aromatic N) is 2. The Bertz CT molecular complexity index is 897. The lowest BCUT2D eigenvalue weighted by atomic mass is 9.86. The van der Waals surface area contributed by atoms with E-state index in [1.165, 1.54) is 15.9 Å². The Kier molecular flexibility index (Phi) is 4.24. The summed E-state index contributed by atoms with van der Waals surface area (Å²) in [6.07, 6.45) is 0. The van der Waals surface area contributed by atoms with Crippen LogP contribution in [0.5, 0.6) is 0 Å². The zero-order chi connectivity index (χ0) is 17.3. The predicted molar refractivity (Wildman–Crippen MR) is 93.5 cm³/mol. The van der Waals surface area contributed by atoms with E-state index in [1.807, 2.05) is 29.6 Å². The fraction of sp³-hybridized carbons (Fsp3) is 0.278. The molecule has 3 rings (SSSR count). The van der Waals surface area contributed by atoms with Crippen molar-refractivity contribution in [2.45, 2.75) is 32.7 Å². The molecule has 0 bridgehead atoms. The van der Waals surface area contributed by atoms with Crippen molar-refractivity contribution in [2.24, 2.45) is 0 Å². The Morgan fingerprint density at radius 2 is 1.92 bits per heavy atom. The second-order valence-corrected chi connectivity index (χ2v) is 7.53. The molecule has 24 heavy (non-hydrogen) atoms. The molecule has 0 radical (unpaired) electrons. The quantitative estimate of drug-likeness (QED) is 0.677. The Balaban J connectivity index is 1.86. The van der Waals surface area contributed by atoms with E-state index in [-0.39, 0.29) is 17.7 Å². The topological polar surface area (TPSA) is 65.1 Å². The normalized spacial score (nSPS) is 11.6. The molecule has 2 heterocycles. The molecule has 0 aliphatic heterocycles. The second kappa shape index (κ2) is 6.20. The number of aromatic nitrogens is 2. The predicted octanol–water partition coefficient (Wildman–Crippen LogP) is 3.75. The van der Waals surface area contributed by atoms with Crippen molar-refractivity contribution in [2.75, 3.05) is 0 Å². The van der Waals surface area contributed by atoms with Crippen LogP contribution in [0.15, 0.2) is 51.1 Å². The van der Waals surface area contributed by atoms with Gasteiger partial charge in [-0.3, -0.25) is 9.32 Å². The van der Waals surface area contributed by atoms with Gasteiger partial charge in [0.15, 0.2) is 11.6 Å². The summed E-state index contributed by atoms with van der Waals surface area (Å²) in [7, 11) is 0. The third-order valence-electron chi connectivity index (χ3n) is 3.80. The number of rotatable bonds is 4. The van der Waals surface area contributed by atoms with Crippen LogP contribution in [-0.2, 0) is 12.0 Å². The number of benzene rings is 1. The average molecular weight is 342 g/mol. The van der Waals surface area contributed by atoms with Crippen molar-refractivity contribution in [3.63, 3.8) is 0 Å². The minimum atomic E-state index is -0.627. The van der Waals surface area contributed by atoms with E-state index in [1.54, 1.807) is 12.1 Å². The van der Waals surface area contributed by atoms with Gasteiger partial charge in [-0.25, -0.2) is 9.36 Å². The number of hydrogen-bond acceptors (Lipinski definition) is 5. The molecule has 0 saturated heterocycles. The van der Waals surface area contributed by atoms with E-state index >= 15 is 0 Å². The largest absolute Gasteiger partial charge is 0.442 e. The van der Waals surface area contributed by atoms with Gasteiger partial charge < -0.3 is 0 Å². The van der Waals surface area contributed by atoms with E-state index in [4.69, 9.17) is 4.52 Å². The molecule has 5 nitrogen and oxygen atoms in total. The first-order chi connectivity index (χ1) is 11.4. The summed E-state index contributed by atoms with van der Waals surface area (Å²) < 4.78 is 6.00. The smallest absolute Gasteiger partial charge is 0.295 e. The molecule has 6 heteroatoms. The lowest BCUT2D eigenvalue weighted by molar-refractivity contribution is 0.0969. The van der Waals surface area contributed by atoms with Gasteiger partial charge in [0.2, 0.25) is 0 Å². The van der Waals surface area contributed by atoms with Gasteiger partial charge in [0.05, 0.1) is 11.4 Å². The maximum absolute atomic E-state index is 12.5. The van der Waals surface area contributed by atoms with E-state index in [0.717, 1.165) is 10.4 Å². The van der Waals surface area contributed by atoms with Crippen LogP contribution in [0.25, 0.3) is 10.7 Å². The highest BCUT2D eigenvalue weighted by Gasteiger charge is 2.18. The van der Waals surface area contributed by atoms with Gasteiger partial charge in [-0.15, -0.1) is 11.3 Å². The molecule has 2 aromatic heterocycles. The van der Waals surface area contributed by atoms with Crippen LogP contribution in [0, 0.1) is 0 Å². The third kappa shape index (κ3) is 3.23. The van der Waals surface area contributed by atoms with Crippen molar-refractivity contribution in [1.82, 2.24) is 9.72 Å². The molecule has 124 valence electrons. The standard InChI is InChI=1S/C18H18N2O3S/c1-18(2,3)13-8-6-12(7-9-13)14(21)11-20-16(19-23-17(20)22)15-5-4-10-24-15/h4-10H,11H2,1-3H3. The van der Waals surface area contributed by atoms with E-state index < -0.39 is 5.76 Å². The molecule has 0 amide bonds. The van der Waals surface area contributed by atoms with Gasteiger partial charge >= 0.3 is 5.76 Å². The highest BCUT2D eigenvalue weighted by molar-refractivity contribution is 7.13. The van der Waals surface area contributed by atoms with Gasteiger partial charge in [-0.05, 0) is 22.4 Å². The monoisotopic (exact) mass is 342 g/mol. The molecule has 3 aromatic rings. The highest BCUT2D eigenvalue weighted by atomic mass is 32.1. The maximum Gasteiger partial charge on any atom is 0.442 e. The summed E-state index contributed by atoms with van der Waals surface area (Å²) in [6, 6.07) is 11.2. The Morgan fingerprint density at radius 3 is 2.50 bits per heavy atom. The fourth-order valence-electron chi connectivity index (χ4n) is 2.38. The maximum atomic E-state index is 12.5. The SMILES string of the molecule is CC(C)(C)c1ccc(C(=O)Cn2c(-c3cccs3)noc2=O)cc1. The van der Waals surface area contributed by atoms with Crippen LogP contribution in [0.4, 0.5) is 0 Å². The van der Waals surface area contributed by atoms with Crippen LogP contribution in [-0.4, -0.2) is 15.5 Å². The minimum absolute atomic E-state index is 0.0271. The van der Waals surface area contributed by atoms with Crippen molar-refractivity contribution in [3.05, 3.63) is 63.5 Å². The summed E-state index contributed by atoms with van der Waals surface area (Å²) in [4.78, 5) is 25.2. The number of Topliss-reactive ketones (excluding diaryl/α,β-unsaturated/α-hetero) is 1. The minimum Gasteiger partial charge on any atom is -0.295 e. The number of carbonyl (C=O) groups excluding carboxylic acids is 1. The van der Waals surface area contributed by atoms with Crippen LogP contribution in [0.2, 0.25) is 0 Å². The van der Waals surface area contributed by atoms with Gasteiger partial charge in [-0.2, -0.15) is 0 Å². The molecule has 0 N–H and O–H groups in total. The van der Waals surface area contributed by atoms with Crippen LogP contribution in [0.3, 0.4) is 0 Å².